The first-order valence-corrected chi connectivity index (χ1v) is 7.72. The molecular weight excluding hydrogens is 248 g/mol. The minimum absolute atomic E-state index is 0.502. The molecule has 4 rings (SSSR count). The lowest BCUT2D eigenvalue weighted by Gasteiger charge is -2.33. The minimum atomic E-state index is 0.502. The summed E-state index contributed by atoms with van der Waals surface area (Å²) in [5.74, 6) is 0.683. The first-order valence-electron chi connectivity index (χ1n) is 7.72. The average Bonchev–Trinajstić information content (AvgIpc) is 2.99. The number of piperidine rings is 1. The number of benzene rings is 1. The zero-order chi connectivity index (χ0) is 13.7. The molecule has 2 saturated heterocycles. The smallest absolute Gasteiger partial charge is 0.201 e. The van der Waals surface area contributed by atoms with Crippen LogP contribution in [0, 0.1) is 6.92 Å². The molecule has 2 unspecified atom stereocenters. The van der Waals surface area contributed by atoms with Gasteiger partial charge in [-0.3, -0.25) is 4.90 Å². The van der Waals surface area contributed by atoms with E-state index in [1.165, 1.54) is 49.9 Å². The third-order valence-electron chi connectivity index (χ3n) is 5.02. The van der Waals surface area contributed by atoms with Crippen LogP contribution < -0.4 is 5.73 Å². The van der Waals surface area contributed by atoms with Crippen LogP contribution in [0.15, 0.2) is 18.2 Å². The number of hydrogen-bond acceptors (Lipinski definition) is 3. The summed E-state index contributed by atoms with van der Waals surface area (Å²) in [5.41, 5.74) is 9.75. The van der Waals surface area contributed by atoms with Crippen LogP contribution in [0.5, 0.6) is 0 Å². The van der Waals surface area contributed by atoms with Crippen molar-refractivity contribution in [3.63, 3.8) is 0 Å². The number of nitrogens with two attached hydrogens (primary N) is 1. The van der Waals surface area contributed by atoms with E-state index < -0.39 is 0 Å². The molecule has 4 nitrogen and oxygen atoms in total. The van der Waals surface area contributed by atoms with Crippen LogP contribution >= 0.6 is 0 Å². The summed E-state index contributed by atoms with van der Waals surface area (Å²) in [6.45, 7) is 4.60. The predicted molar refractivity (Wildman–Crippen MR) is 81.7 cm³/mol. The number of aromatic nitrogens is 2. The molecule has 0 aliphatic carbocycles. The molecule has 2 aliphatic heterocycles. The highest BCUT2D eigenvalue weighted by atomic mass is 15.3. The van der Waals surface area contributed by atoms with Crippen molar-refractivity contribution >= 4 is 17.0 Å². The zero-order valence-electron chi connectivity index (χ0n) is 12.0. The van der Waals surface area contributed by atoms with Gasteiger partial charge in [-0.1, -0.05) is 12.5 Å². The van der Waals surface area contributed by atoms with E-state index in [0.717, 1.165) is 5.52 Å². The minimum Gasteiger partial charge on any atom is -0.369 e. The van der Waals surface area contributed by atoms with Gasteiger partial charge in [0.1, 0.15) is 0 Å². The Morgan fingerprint density at radius 1 is 1.15 bits per heavy atom. The highest BCUT2D eigenvalue weighted by Gasteiger charge is 2.37. The fourth-order valence-electron chi connectivity index (χ4n) is 4.09. The van der Waals surface area contributed by atoms with Gasteiger partial charge >= 0.3 is 0 Å². The number of rotatable bonds is 1. The first-order chi connectivity index (χ1) is 9.74. The van der Waals surface area contributed by atoms with E-state index in [1.54, 1.807) is 0 Å². The maximum atomic E-state index is 6.24. The Morgan fingerprint density at radius 3 is 2.95 bits per heavy atom. The third kappa shape index (κ3) is 1.74. The van der Waals surface area contributed by atoms with Crippen LogP contribution in [0.25, 0.3) is 11.0 Å². The van der Waals surface area contributed by atoms with Crippen LogP contribution in [0.1, 0.15) is 37.3 Å². The number of nitrogen functional groups attached to an aromatic ring is 1. The lowest BCUT2D eigenvalue weighted by Crippen LogP contribution is -2.37. The summed E-state index contributed by atoms with van der Waals surface area (Å²) in [6.07, 6.45) is 5.20. The molecule has 2 aromatic rings. The normalized spacial score (nSPS) is 27.1. The van der Waals surface area contributed by atoms with E-state index in [1.807, 2.05) is 0 Å². The van der Waals surface area contributed by atoms with Crippen molar-refractivity contribution in [3.05, 3.63) is 23.8 Å². The summed E-state index contributed by atoms with van der Waals surface area (Å²) in [4.78, 5) is 7.21. The van der Waals surface area contributed by atoms with Crippen molar-refractivity contribution in [2.75, 3.05) is 18.8 Å². The van der Waals surface area contributed by atoms with E-state index in [-0.39, 0.29) is 0 Å². The number of anilines is 1. The van der Waals surface area contributed by atoms with Gasteiger partial charge in [0.15, 0.2) is 0 Å². The molecule has 0 amide bonds. The fraction of sp³-hybridized carbons (Fsp3) is 0.562. The first kappa shape index (κ1) is 12.2. The van der Waals surface area contributed by atoms with Gasteiger partial charge in [-0.15, -0.1) is 0 Å². The summed E-state index contributed by atoms with van der Waals surface area (Å²) in [6, 6.07) is 7.58. The van der Waals surface area contributed by atoms with Crippen LogP contribution in [-0.2, 0) is 0 Å². The van der Waals surface area contributed by atoms with Crippen LogP contribution in [0.3, 0.4) is 0 Å². The molecule has 1 aromatic carbocycles. The Kier molecular flexibility index (Phi) is 2.74. The van der Waals surface area contributed by atoms with E-state index >= 15 is 0 Å². The molecule has 106 valence electrons. The third-order valence-corrected chi connectivity index (χ3v) is 5.02. The molecular formula is C16H22N4. The number of imidazole rings is 1. The van der Waals surface area contributed by atoms with Gasteiger partial charge in [-0.25, -0.2) is 4.98 Å². The van der Waals surface area contributed by atoms with Crippen molar-refractivity contribution in [2.45, 2.75) is 44.7 Å². The number of hydrogen-bond donors (Lipinski definition) is 1. The van der Waals surface area contributed by atoms with E-state index in [0.29, 0.717) is 18.0 Å². The van der Waals surface area contributed by atoms with Crippen molar-refractivity contribution in [1.82, 2.24) is 14.5 Å². The zero-order valence-corrected chi connectivity index (χ0v) is 12.0. The Bertz CT molecular complexity index is 645. The molecule has 0 saturated carbocycles. The molecule has 0 spiro atoms. The van der Waals surface area contributed by atoms with Gasteiger partial charge in [-0.05, 0) is 50.4 Å². The molecule has 1 aromatic heterocycles. The Hall–Kier alpha value is -1.55. The molecule has 4 heteroatoms. The Labute approximate surface area is 119 Å². The average molecular weight is 270 g/mol. The highest BCUT2D eigenvalue weighted by molar-refractivity contribution is 5.79. The van der Waals surface area contributed by atoms with Crippen LogP contribution in [-0.4, -0.2) is 33.6 Å². The molecule has 0 radical (unpaired) electrons. The number of aryl methyl sites for hydroxylation is 1. The maximum absolute atomic E-state index is 6.24. The van der Waals surface area contributed by atoms with Gasteiger partial charge < -0.3 is 10.3 Å². The lowest BCUT2D eigenvalue weighted by atomic mass is 9.98. The quantitative estimate of drug-likeness (QED) is 0.866. The fourth-order valence-corrected chi connectivity index (χ4v) is 4.09. The van der Waals surface area contributed by atoms with E-state index in [2.05, 4.69) is 39.6 Å². The summed E-state index contributed by atoms with van der Waals surface area (Å²) < 4.78 is 2.30. The van der Waals surface area contributed by atoms with Crippen molar-refractivity contribution in [2.24, 2.45) is 0 Å². The highest BCUT2D eigenvalue weighted by Crippen LogP contribution is 2.38. The second kappa shape index (κ2) is 4.48. The lowest BCUT2D eigenvalue weighted by molar-refractivity contribution is 0.175. The summed E-state index contributed by atoms with van der Waals surface area (Å²) >= 11 is 0. The van der Waals surface area contributed by atoms with Gasteiger partial charge in [0.2, 0.25) is 5.95 Å². The van der Waals surface area contributed by atoms with Crippen LogP contribution in [0.4, 0.5) is 5.95 Å². The summed E-state index contributed by atoms with van der Waals surface area (Å²) in [7, 11) is 0. The van der Waals surface area contributed by atoms with E-state index in [9.17, 15) is 0 Å². The van der Waals surface area contributed by atoms with Gasteiger partial charge in [0, 0.05) is 12.6 Å². The van der Waals surface area contributed by atoms with Crippen LogP contribution in [0.2, 0.25) is 0 Å². The molecule has 2 atom stereocenters. The number of fused-ring (bicyclic) bond motifs is 2. The maximum Gasteiger partial charge on any atom is 0.201 e. The topological polar surface area (TPSA) is 47.1 Å². The van der Waals surface area contributed by atoms with Gasteiger partial charge in [0.25, 0.3) is 0 Å². The van der Waals surface area contributed by atoms with Crippen molar-refractivity contribution in [1.29, 1.82) is 0 Å². The monoisotopic (exact) mass is 270 g/mol. The molecule has 2 N–H and O–H groups in total. The van der Waals surface area contributed by atoms with Crippen molar-refractivity contribution in [3.8, 4) is 0 Å². The second-order valence-electron chi connectivity index (χ2n) is 6.29. The Morgan fingerprint density at radius 2 is 2.05 bits per heavy atom. The van der Waals surface area contributed by atoms with Gasteiger partial charge in [0.05, 0.1) is 17.1 Å². The molecule has 2 fully saturated rings. The largest absolute Gasteiger partial charge is 0.369 e. The van der Waals surface area contributed by atoms with E-state index in [4.69, 9.17) is 5.73 Å². The molecule has 0 bridgehead atoms. The van der Waals surface area contributed by atoms with Gasteiger partial charge in [-0.2, -0.15) is 0 Å². The SMILES string of the molecule is Cc1ccc2nc(N)n(C3CCN4CCCCC34)c2c1. The predicted octanol–water partition coefficient (Wildman–Crippen LogP) is 2.73. The standard InChI is InChI=1S/C16H22N4/c1-11-5-6-12-15(10-11)20(16(17)18-12)14-7-9-19-8-3-2-4-13(14)19/h5-6,10,13-14H,2-4,7-9H2,1H3,(H2,17,18). The number of nitrogens with zero attached hydrogens (tertiary/aromatic N) is 3. The molecule has 20 heavy (non-hydrogen) atoms. The molecule has 3 heterocycles. The van der Waals surface area contributed by atoms with Crippen molar-refractivity contribution < 1.29 is 0 Å². The summed E-state index contributed by atoms with van der Waals surface area (Å²) in [5, 5.41) is 0. The Balaban J connectivity index is 1.81. The second-order valence-corrected chi connectivity index (χ2v) is 6.29. The molecule has 2 aliphatic rings.